The Bertz CT molecular complexity index is 910. The number of carboxylic acid groups (broad SMARTS) is 1. The molecule has 1 aliphatic heterocycles. The topological polar surface area (TPSA) is 111 Å². The summed E-state index contributed by atoms with van der Waals surface area (Å²) < 4.78 is 16.7. The van der Waals surface area contributed by atoms with Gasteiger partial charge in [0.2, 0.25) is 11.4 Å². The molecule has 0 amide bonds. The highest BCUT2D eigenvalue weighted by atomic mass is 35.5. The molecular weight excluding hydrogens is 390 g/mol. The lowest BCUT2D eigenvalue weighted by Crippen LogP contribution is -2.56. The van der Waals surface area contributed by atoms with Crippen molar-refractivity contribution in [2.45, 2.75) is 31.9 Å². The second kappa shape index (κ2) is 7.01. The van der Waals surface area contributed by atoms with E-state index in [1.807, 2.05) is 0 Å². The van der Waals surface area contributed by atoms with Crippen molar-refractivity contribution in [2.24, 2.45) is 5.92 Å². The Morgan fingerprint density at radius 3 is 2.57 bits per heavy atom. The monoisotopic (exact) mass is 409 g/mol. The van der Waals surface area contributed by atoms with E-state index in [4.69, 9.17) is 25.8 Å². The molecule has 9 heteroatoms. The molecule has 1 heterocycles. The van der Waals surface area contributed by atoms with Gasteiger partial charge >= 0.3 is 5.97 Å². The number of rotatable bonds is 5. The van der Waals surface area contributed by atoms with Crippen LogP contribution in [0.5, 0.6) is 17.2 Å². The van der Waals surface area contributed by atoms with Crippen LogP contribution in [0.25, 0.3) is 0 Å². The van der Waals surface area contributed by atoms with Crippen molar-refractivity contribution in [1.82, 2.24) is 5.32 Å². The van der Waals surface area contributed by atoms with E-state index < -0.39 is 29.3 Å². The number of carboxylic acids is 1. The number of ketones is 2. The maximum absolute atomic E-state index is 13.5. The second-order valence-electron chi connectivity index (χ2n) is 6.80. The second-order valence-corrected chi connectivity index (χ2v) is 7.18. The van der Waals surface area contributed by atoms with Gasteiger partial charge in [0.1, 0.15) is 28.1 Å². The smallest absolute Gasteiger partial charge is 0.325 e. The first-order chi connectivity index (χ1) is 13.2. The normalized spacial score (nSPS) is 24.3. The third kappa shape index (κ3) is 2.79. The van der Waals surface area contributed by atoms with Crippen LogP contribution in [0.4, 0.5) is 0 Å². The molecule has 28 heavy (non-hydrogen) atoms. The minimum atomic E-state index is -1.61. The molecule has 150 valence electrons. The molecule has 1 aromatic rings. The van der Waals surface area contributed by atoms with Gasteiger partial charge in [0, 0.05) is 24.5 Å². The summed E-state index contributed by atoms with van der Waals surface area (Å²) in [4.78, 5) is 37.0. The summed E-state index contributed by atoms with van der Waals surface area (Å²) in [5, 5.41) is 12.1. The number of halogens is 1. The molecule has 0 saturated heterocycles. The summed E-state index contributed by atoms with van der Waals surface area (Å²) in [5.41, 5.74) is -1.39. The molecule has 0 radical (unpaired) electrons. The van der Waals surface area contributed by atoms with Crippen molar-refractivity contribution in [2.75, 3.05) is 14.2 Å². The molecule has 3 rings (SSSR count). The number of Topliss-reactive ketones (excluding diaryl/α,β-unsaturated/α-hetero) is 1. The van der Waals surface area contributed by atoms with Crippen molar-refractivity contribution in [1.29, 1.82) is 0 Å². The summed E-state index contributed by atoms with van der Waals surface area (Å²) >= 11 is 6.37. The average molecular weight is 410 g/mol. The fourth-order valence-corrected chi connectivity index (χ4v) is 3.85. The molecule has 2 aliphatic rings. The molecule has 1 aliphatic carbocycles. The number of fused-ring (bicyclic) bond motifs is 1. The molecular formula is C19H20ClNO7. The minimum Gasteiger partial charge on any atom is -0.496 e. The standard InChI is InChI=1S/C19H20ClNO7/c1-8-5-10(22)6-13(21-9(2)18(24)25)19(8)17(23)14-11(26-3)7-12(27-4)15(20)16(14)28-19/h6-9,21H,5H2,1-4H3,(H,24,25)/t8-,9+,19+/m1/s1. The first-order valence-electron chi connectivity index (χ1n) is 8.60. The number of hydrogen-bond donors (Lipinski definition) is 2. The van der Waals surface area contributed by atoms with Crippen molar-refractivity contribution < 1.29 is 33.7 Å². The van der Waals surface area contributed by atoms with Crippen LogP contribution < -0.4 is 19.5 Å². The molecule has 1 spiro atoms. The van der Waals surface area contributed by atoms with Gasteiger partial charge in [-0.3, -0.25) is 14.4 Å². The fraction of sp³-hybridized carbons (Fsp3) is 0.421. The lowest BCUT2D eigenvalue weighted by molar-refractivity contribution is -0.139. The van der Waals surface area contributed by atoms with E-state index in [-0.39, 0.29) is 45.7 Å². The van der Waals surface area contributed by atoms with Crippen LogP contribution in [0, 0.1) is 5.92 Å². The zero-order valence-electron chi connectivity index (χ0n) is 15.8. The maximum atomic E-state index is 13.5. The number of hydrogen-bond acceptors (Lipinski definition) is 7. The van der Waals surface area contributed by atoms with Crippen LogP contribution in [0.2, 0.25) is 5.02 Å². The van der Waals surface area contributed by atoms with E-state index in [0.717, 1.165) is 0 Å². The summed E-state index contributed by atoms with van der Waals surface area (Å²) in [7, 11) is 2.82. The Hall–Kier alpha value is -2.74. The first kappa shape index (κ1) is 20.0. The summed E-state index contributed by atoms with van der Waals surface area (Å²) in [6.45, 7) is 3.10. The average Bonchev–Trinajstić information content (AvgIpc) is 2.95. The third-order valence-corrected chi connectivity index (χ3v) is 5.43. The predicted molar refractivity (Wildman–Crippen MR) is 99.4 cm³/mol. The highest BCUT2D eigenvalue weighted by Gasteiger charge is 2.59. The molecule has 2 N–H and O–H groups in total. The molecule has 0 saturated carbocycles. The van der Waals surface area contributed by atoms with E-state index >= 15 is 0 Å². The van der Waals surface area contributed by atoms with E-state index in [2.05, 4.69) is 5.32 Å². The van der Waals surface area contributed by atoms with Crippen molar-refractivity contribution >= 4 is 29.1 Å². The highest BCUT2D eigenvalue weighted by Crippen LogP contribution is 2.54. The van der Waals surface area contributed by atoms with Gasteiger partial charge in [0.25, 0.3) is 0 Å². The number of methoxy groups -OCH3 is 2. The Balaban J connectivity index is 2.20. The van der Waals surface area contributed by atoms with Gasteiger partial charge in [-0.25, -0.2) is 0 Å². The van der Waals surface area contributed by atoms with Crippen LogP contribution >= 0.6 is 11.6 Å². The number of nitrogens with one attached hydrogen (secondary N) is 1. The van der Waals surface area contributed by atoms with Gasteiger partial charge in [-0.2, -0.15) is 0 Å². The number of carbonyl (C=O) groups excluding carboxylic acids is 2. The molecule has 0 fully saturated rings. The van der Waals surface area contributed by atoms with E-state index in [9.17, 15) is 19.5 Å². The van der Waals surface area contributed by atoms with Crippen molar-refractivity contribution in [3.63, 3.8) is 0 Å². The Kier molecular flexibility index (Phi) is 5.01. The van der Waals surface area contributed by atoms with Gasteiger partial charge in [-0.1, -0.05) is 18.5 Å². The van der Waals surface area contributed by atoms with Crippen LogP contribution in [0.3, 0.4) is 0 Å². The third-order valence-electron chi connectivity index (χ3n) is 5.07. The number of ether oxygens (including phenoxy) is 3. The molecule has 0 aromatic heterocycles. The summed E-state index contributed by atoms with van der Waals surface area (Å²) in [6, 6.07) is 0.435. The lowest BCUT2D eigenvalue weighted by Gasteiger charge is -2.38. The number of carbonyl (C=O) groups is 3. The van der Waals surface area contributed by atoms with Gasteiger partial charge in [0.15, 0.2) is 11.5 Å². The quantitative estimate of drug-likeness (QED) is 0.761. The van der Waals surface area contributed by atoms with Crippen LogP contribution in [0.1, 0.15) is 30.6 Å². The van der Waals surface area contributed by atoms with Crippen LogP contribution in [-0.2, 0) is 9.59 Å². The Labute approximate surface area is 166 Å². The first-order valence-corrected chi connectivity index (χ1v) is 8.97. The van der Waals surface area contributed by atoms with Crippen molar-refractivity contribution in [3.05, 3.63) is 28.4 Å². The van der Waals surface area contributed by atoms with Gasteiger partial charge in [-0.15, -0.1) is 0 Å². The van der Waals surface area contributed by atoms with Gasteiger partial charge in [0.05, 0.1) is 19.9 Å². The SMILES string of the molecule is COc1cc(OC)c2c(c1Cl)O[C@]1(C2=O)C(N[C@@H](C)C(=O)O)=CC(=O)C[C@H]1C. The zero-order chi connectivity index (χ0) is 20.8. The molecule has 0 bridgehead atoms. The van der Waals surface area contributed by atoms with E-state index in [0.29, 0.717) is 0 Å². The van der Waals surface area contributed by atoms with Crippen LogP contribution in [0.15, 0.2) is 17.8 Å². The number of aliphatic carboxylic acids is 1. The van der Waals surface area contributed by atoms with Crippen molar-refractivity contribution in [3.8, 4) is 17.2 Å². The fourth-order valence-electron chi connectivity index (χ4n) is 3.59. The van der Waals surface area contributed by atoms with Gasteiger partial charge in [-0.05, 0) is 6.92 Å². The number of allylic oxidation sites excluding steroid dienone is 1. The predicted octanol–water partition coefficient (Wildman–Crippen LogP) is 2.23. The number of benzene rings is 1. The molecule has 3 atom stereocenters. The Morgan fingerprint density at radius 2 is 2.00 bits per heavy atom. The van der Waals surface area contributed by atoms with Crippen LogP contribution in [-0.4, -0.2) is 48.5 Å². The van der Waals surface area contributed by atoms with Gasteiger partial charge < -0.3 is 24.6 Å². The maximum Gasteiger partial charge on any atom is 0.325 e. The van der Waals surface area contributed by atoms with E-state index in [1.54, 1.807) is 6.92 Å². The summed E-state index contributed by atoms with van der Waals surface area (Å²) in [5.74, 6) is -1.84. The van der Waals surface area contributed by atoms with E-state index in [1.165, 1.54) is 33.3 Å². The lowest BCUT2D eigenvalue weighted by atomic mass is 9.74. The molecule has 1 aromatic carbocycles. The highest BCUT2D eigenvalue weighted by molar-refractivity contribution is 6.35. The largest absolute Gasteiger partial charge is 0.496 e. The molecule has 8 nitrogen and oxygen atoms in total. The molecule has 0 unspecified atom stereocenters. The zero-order valence-corrected chi connectivity index (χ0v) is 16.5. The summed E-state index contributed by atoms with van der Waals surface area (Å²) in [6.07, 6.45) is 1.28. The minimum absolute atomic E-state index is 0.0590. The Morgan fingerprint density at radius 1 is 1.36 bits per heavy atom.